The number of benzene rings is 3. The SMILES string of the molecule is C[C@@H](CI)c1ccc([C@@H](C)NCc2cccc(C(F)(F)F)c2)c2ccccc12. The third-order valence-corrected chi connectivity index (χ3v) is 6.41. The van der Waals surface area contributed by atoms with Crippen LogP contribution < -0.4 is 5.32 Å². The summed E-state index contributed by atoms with van der Waals surface area (Å²) in [6, 6.07) is 18.2. The van der Waals surface area contributed by atoms with Gasteiger partial charge in [0.05, 0.1) is 5.56 Å². The highest BCUT2D eigenvalue weighted by Gasteiger charge is 2.30. The van der Waals surface area contributed by atoms with Crippen LogP contribution in [0.2, 0.25) is 0 Å². The zero-order chi connectivity index (χ0) is 20.3. The van der Waals surface area contributed by atoms with Gasteiger partial charge in [-0.25, -0.2) is 0 Å². The van der Waals surface area contributed by atoms with Crippen LogP contribution >= 0.6 is 22.6 Å². The van der Waals surface area contributed by atoms with Crippen LogP contribution in [0.15, 0.2) is 60.7 Å². The minimum atomic E-state index is -4.32. The van der Waals surface area contributed by atoms with Gasteiger partial charge in [-0.15, -0.1) is 0 Å². The molecule has 2 atom stereocenters. The van der Waals surface area contributed by atoms with Crippen LogP contribution in [0.5, 0.6) is 0 Å². The fraction of sp³-hybridized carbons (Fsp3) is 0.304. The van der Waals surface area contributed by atoms with Gasteiger partial charge in [-0.05, 0) is 46.4 Å². The van der Waals surface area contributed by atoms with Gasteiger partial charge in [0.2, 0.25) is 0 Å². The fourth-order valence-corrected chi connectivity index (χ4v) is 3.95. The Kier molecular flexibility index (Phi) is 6.65. The Balaban J connectivity index is 1.84. The van der Waals surface area contributed by atoms with Crippen molar-refractivity contribution in [2.45, 2.75) is 38.5 Å². The maximum absolute atomic E-state index is 12.9. The number of rotatable bonds is 6. The van der Waals surface area contributed by atoms with Crippen LogP contribution in [0.4, 0.5) is 13.2 Å². The first-order chi connectivity index (χ1) is 13.3. The molecule has 3 aromatic rings. The first-order valence-electron chi connectivity index (χ1n) is 9.28. The van der Waals surface area contributed by atoms with E-state index in [1.807, 2.05) is 6.07 Å². The van der Waals surface area contributed by atoms with Crippen molar-refractivity contribution >= 4 is 33.4 Å². The van der Waals surface area contributed by atoms with Crippen molar-refractivity contribution in [2.24, 2.45) is 0 Å². The molecule has 28 heavy (non-hydrogen) atoms. The molecule has 0 unspecified atom stereocenters. The van der Waals surface area contributed by atoms with E-state index < -0.39 is 11.7 Å². The van der Waals surface area contributed by atoms with Gasteiger partial charge in [-0.2, -0.15) is 13.2 Å². The molecule has 0 aliphatic rings. The molecule has 1 nitrogen and oxygen atoms in total. The van der Waals surface area contributed by atoms with Gasteiger partial charge in [0.1, 0.15) is 0 Å². The van der Waals surface area contributed by atoms with E-state index in [0.717, 1.165) is 16.1 Å². The van der Waals surface area contributed by atoms with Gasteiger partial charge in [0.25, 0.3) is 0 Å². The maximum Gasteiger partial charge on any atom is 0.416 e. The standard InChI is InChI=1S/C23H23F3IN/c1-15(13-27)19-10-11-20(22-9-4-3-8-21(19)22)16(2)28-14-17-6-5-7-18(12-17)23(24,25)26/h3-12,15-16,28H,13-14H2,1-2H3/t15-,16+/m0/s1. The summed E-state index contributed by atoms with van der Waals surface area (Å²) in [6.07, 6.45) is -4.32. The summed E-state index contributed by atoms with van der Waals surface area (Å²) < 4.78 is 39.8. The highest BCUT2D eigenvalue weighted by atomic mass is 127. The number of nitrogens with one attached hydrogen (secondary N) is 1. The van der Waals surface area contributed by atoms with E-state index in [4.69, 9.17) is 0 Å². The summed E-state index contributed by atoms with van der Waals surface area (Å²) in [5.74, 6) is 0.466. The largest absolute Gasteiger partial charge is 0.416 e. The van der Waals surface area contributed by atoms with Gasteiger partial charge < -0.3 is 5.32 Å². The lowest BCUT2D eigenvalue weighted by Crippen LogP contribution is -2.19. The summed E-state index contributed by atoms with van der Waals surface area (Å²) in [4.78, 5) is 0. The first-order valence-corrected chi connectivity index (χ1v) is 10.8. The van der Waals surface area contributed by atoms with Crippen LogP contribution in [0.25, 0.3) is 10.8 Å². The monoisotopic (exact) mass is 497 g/mol. The van der Waals surface area contributed by atoms with Crippen LogP contribution in [0.1, 0.15) is 48.1 Å². The second-order valence-corrected chi connectivity index (χ2v) is 8.03. The number of halogens is 4. The second-order valence-electron chi connectivity index (χ2n) is 7.15. The zero-order valence-corrected chi connectivity index (χ0v) is 18.0. The Morgan fingerprint density at radius 3 is 2.18 bits per heavy atom. The molecule has 0 bridgehead atoms. The molecule has 0 aromatic heterocycles. The minimum Gasteiger partial charge on any atom is -0.306 e. The molecule has 1 N–H and O–H groups in total. The van der Waals surface area contributed by atoms with Gasteiger partial charge in [0, 0.05) is 17.0 Å². The van der Waals surface area contributed by atoms with Crippen molar-refractivity contribution in [1.82, 2.24) is 5.32 Å². The summed E-state index contributed by atoms with van der Waals surface area (Å²) >= 11 is 2.41. The number of hydrogen-bond acceptors (Lipinski definition) is 1. The van der Waals surface area contributed by atoms with Crippen molar-refractivity contribution in [3.05, 3.63) is 82.9 Å². The van der Waals surface area contributed by atoms with E-state index in [0.29, 0.717) is 18.0 Å². The van der Waals surface area contributed by atoms with E-state index in [1.165, 1.54) is 28.5 Å². The van der Waals surface area contributed by atoms with Crippen molar-refractivity contribution in [2.75, 3.05) is 4.43 Å². The highest BCUT2D eigenvalue weighted by molar-refractivity contribution is 14.1. The maximum atomic E-state index is 12.9. The van der Waals surface area contributed by atoms with E-state index in [9.17, 15) is 13.2 Å². The van der Waals surface area contributed by atoms with Crippen LogP contribution in [-0.4, -0.2) is 4.43 Å². The second kappa shape index (κ2) is 8.82. The average Bonchev–Trinajstić information content (AvgIpc) is 2.70. The van der Waals surface area contributed by atoms with Crippen molar-refractivity contribution in [1.29, 1.82) is 0 Å². The molecule has 148 valence electrons. The Morgan fingerprint density at radius 1 is 0.893 bits per heavy atom. The number of alkyl halides is 4. The predicted octanol–water partition coefficient (Wildman–Crippen LogP) is 7.25. The Hall–Kier alpha value is -1.60. The summed E-state index contributed by atoms with van der Waals surface area (Å²) in [6.45, 7) is 4.66. The highest BCUT2D eigenvalue weighted by Crippen LogP contribution is 2.32. The minimum absolute atomic E-state index is 0.0170. The Bertz CT molecular complexity index is 952. The molecular formula is C23H23F3IN. The molecule has 0 amide bonds. The molecular weight excluding hydrogens is 474 g/mol. The van der Waals surface area contributed by atoms with E-state index >= 15 is 0 Å². The lowest BCUT2D eigenvalue weighted by atomic mass is 9.91. The normalized spacial score (nSPS) is 14.2. The molecule has 5 heteroatoms. The lowest BCUT2D eigenvalue weighted by Gasteiger charge is -2.20. The van der Waals surface area contributed by atoms with Crippen LogP contribution in [0, 0.1) is 0 Å². The zero-order valence-electron chi connectivity index (χ0n) is 15.9. The summed E-state index contributed by atoms with van der Waals surface area (Å²) in [7, 11) is 0. The first kappa shape index (κ1) is 21.1. The fourth-order valence-electron chi connectivity index (χ4n) is 3.47. The third-order valence-electron chi connectivity index (χ3n) is 5.09. The van der Waals surface area contributed by atoms with E-state index in [2.05, 4.69) is 72.1 Å². The van der Waals surface area contributed by atoms with Gasteiger partial charge in [-0.3, -0.25) is 0 Å². The van der Waals surface area contributed by atoms with Crippen LogP contribution in [0.3, 0.4) is 0 Å². The van der Waals surface area contributed by atoms with Gasteiger partial charge in [-0.1, -0.05) is 84.1 Å². The third kappa shape index (κ3) is 4.69. The quantitative estimate of drug-likeness (QED) is 0.280. The van der Waals surface area contributed by atoms with Gasteiger partial charge in [0.15, 0.2) is 0 Å². The smallest absolute Gasteiger partial charge is 0.306 e. The summed E-state index contributed by atoms with van der Waals surface area (Å²) in [5, 5.41) is 5.82. The molecule has 3 rings (SSSR count). The molecule has 3 aromatic carbocycles. The molecule has 0 saturated heterocycles. The molecule has 0 aliphatic heterocycles. The Morgan fingerprint density at radius 2 is 1.54 bits per heavy atom. The van der Waals surface area contributed by atoms with E-state index in [1.54, 1.807) is 6.07 Å². The van der Waals surface area contributed by atoms with E-state index in [-0.39, 0.29) is 6.04 Å². The molecule has 0 radical (unpaired) electrons. The van der Waals surface area contributed by atoms with Crippen LogP contribution in [-0.2, 0) is 12.7 Å². The van der Waals surface area contributed by atoms with Crippen molar-refractivity contribution in [3.63, 3.8) is 0 Å². The molecule has 0 saturated carbocycles. The van der Waals surface area contributed by atoms with Crippen molar-refractivity contribution in [3.8, 4) is 0 Å². The topological polar surface area (TPSA) is 12.0 Å². The van der Waals surface area contributed by atoms with Crippen molar-refractivity contribution < 1.29 is 13.2 Å². The van der Waals surface area contributed by atoms with Gasteiger partial charge >= 0.3 is 6.18 Å². The number of hydrogen-bond donors (Lipinski definition) is 1. The predicted molar refractivity (Wildman–Crippen MR) is 118 cm³/mol. The molecule has 0 spiro atoms. The molecule has 0 aliphatic carbocycles. The molecule has 0 heterocycles. The lowest BCUT2D eigenvalue weighted by molar-refractivity contribution is -0.137. The summed E-state index contributed by atoms with van der Waals surface area (Å²) in [5.41, 5.74) is 2.51. The number of fused-ring (bicyclic) bond motifs is 1. The average molecular weight is 497 g/mol. The molecule has 0 fully saturated rings. The Labute approximate surface area is 177 Å².